The van der Waals surface area contributed by atoms with E-state index in [1.165, 1.54) is 0 Å². The fraction of sp³-hybridized carbons (Fsp3) is 0.467. The van der Waals surface area contributed by atoms with Gasteiger partial charge in [-0.25, -0.2) is 0 Å². The normalized spacial score (nSPS) is 15.9. The zero-order valence-corrected chi connectivity index (χ0v) is 12.4. The molecule has 0 bridgehead atoms. The maximum atomic E-state index is 12.1. The van der Waals surface area contributed by atoms with Crippen LogP contribution in [-0.2, 0) is 14.3 Å². The molecule has 2 aliphatic heterocycles. The summed E-state index contributed by atoms with van der Waals surface area (Å²) in [6, 6.07) is 3.60. The predicted octanol–water partition coefficient (Wildman–Crippen LogP) is 1.17. The molecule has 1 aromatic carbocycles. The van der Waals surface area contributed by atoms with E-state index in [2.05, 4.69) is 5.32 Å². The molecular formula is C15H18N2O5. The summed E-state index contributed by atoms with van der Waals surface area (Å²) in [5, 5.41) is 3.06. The third-order valence-corrected chi connectivity index (χ3v) is 3.53. The van der Waals surface area contributed by atoms with E-state index in [1.54, 1.807) is 17.9 Å². The van der Waals surface area contributed by atoms with Crippen molar-refractivity contribution in [1.29, 1.82) is 0 Å². The lowest BCUT2D eigenvalue weighted by molar-refractivity contribution is -0.142. The van der Waals surface area contributed by atoms with E-state index in [0.29, 0.717) is 37.0 Å². The van der Waals surface area contributed by atoms with Gasteiger partial charge >= 0.3 is 5.97 Å². The highest BCUT2D eigenvalue weighted by atomic mass is 16.6. The minimum Gasteiger partial charge on any atom is -0.486 e. The topological polar surface area (TPSA) is 77.1 Å². The molecule has 118 valence electrons. The Bertz CT molecular complexity index is 602. The summed E-state index contributed by atoms with van der Waals surface area (Å²) in [6.07, 6.45) is 0.160. The van der Waals surface area contributed by atoms with E-state index in [0.717, 1.165) is 5.69 Å². The van der Waals surface area contributed by atoms with Crippen molar-refractivity contribution in [2.45, 2.75) is 13.3 Å². The van der Waals surface area contributed by atoms with Crippen molar-refractivity contribution in [1.82, 2.24) is 0 Å². The number of esters is 1. The van der Waals surface area contributed by atoms with Crippen LogP contribution in [0.3, 0.4) is 0 Å². The molecule has 7 nitrogen and oxygen atoms in total. The first-order chi connectivity index (χ1) is 10.7. The lowest BCUT2D eigenvalue weighted by Crippen LogP contribution is -2.41. The summed E-state index contributed by atoms with van der Waals surface area (Å²) in [5.74, 6) is 0.876. The second kappa shape index (κ2) is 6.13. The molecule has 1 amide bonds. The third kappa shape index (κ3) is 2.79. The standard InChI is InChI=1S/C15H18N2O5/c1-2-20-15(19)3-4-17-11-8-13-12(21-5-6-22-13)7-10(11)16-9-14(17)18/h7-8,16H,2-6,9H2,1H3. The third-order valence-electron chi connectivity index (χ3n) is 3.53. The zero-order valence-electron chi connectivity index (χ0n) is 12.4. The van der Waals surface area contributed by atoms with Crippen LogP contribution in [-0.4, -0.2) is 44.8 Å². The first kappa shape index (κ1) is 14.5. The van der Waals surface area contributed by atoms with Gasteiger partial charge in [0.1, 0.15) is 13.2 Å². The summed E-state index contributed by atoms with van der Waals surface area (Å²) < 4.78 is 16.0. The van der Waals surface area contributed by atoms with E-state index in [1.807, 2.05) is 6.07 Å². The van der Waals surface area contributed by atoms with Crippen molar-refractivity contribution < 1.29 is 23.8 Å². The first-order valence-corrected chi connectivity index (χ1v) is 7.32. The van der Waals surface area contributed by atoms with Crippen molar-refractivity contribution in [3.8, 4) is 11.5 Å². The van der Waals surface area contributed by atoms with Crippen molar-refractivity contribution in [3.05, 3.63) is 12.1 Å². The van der Waals surface area contributed by atoms with Gasteiger partial charge < -0.3 is 24.4 Å². The first-order valence-electron chi connectivity index (χ1n) is 7.32. The molecule has 0 unspecified atom stereocenters. The maximum Gasteiger partial charge on any atom is 0.307 e. The average molecular weight is 306 g/mol. The minimum atomic E-state index is -0.312. The number of carbonyl (C=O) groups is 2. The van der Waals surface area contributed by atoms with Gasteiger partial charge in [-0.1, -0.05) is 0 Å². The monoisotopic (exact) mass is 306 g/mol. The van der Waals surface area contributed by atoms with Gasteiger partial charge in [0.25, 0.3) is 0 Å². The molecule has 0 saturated heterocycles. The summed E-state index contributed by atoms with van der Waals surface area (Å²) >= 11 is 0. The fourth-order valence-electron chi connectivity index (χ4n) is 2.52. The molecule has 0 aromatic heterocycles. The molecule has 7 heteroatoms. The summed E-state index contributed by atoms with van der Waals surface area (Å²) in [4.78, 5) is 25.2. The largest absolute Gasteiger partial charge is 0.486 e. The van der Waals surface area contributed by atoms with E-state index < -0.39 is 0 Å². The van der Waals surface area contributed by atoms with E-state index in [9.17, 15) is 9.59 Å². The molecular weight excluding hydrogens is 288 g/mol. The van der Waals surface area contributed by atoms with Crippen LogP contribution in [0.4, 0.5) is 11.4 Å². The molecule has 1 N–H and O–H groups in total. The second-order valence-electron chi connectivity index (χ2n) is 4.97. The van der Waals surface area contributed by atoms with Crippen LogP contribution in [0.15, 0.2) is 12.1 Å². The van der Waals surface area contributed by atoms with Crippen molar-refractivity contribution in [2.75, 3.05) is 43.1 Å². The number of amides is 1. The Kier molecular flexibility index (Phi) is 4.04. The number of rotatable bonds is 4. The lowest BCUT2D eigenvalue weighted by atomic mass is 10.1. The number of hydrogen-bond acceptors (Lipinski definition) is 6. The Balaban J connectivity index is 1.83. The Morgan fingerprint density at radius 1 is 1.32 bits per heavy atom. The van der Waals surface area contributed by atoms with Crippen LogP contribution in [0.1, 0.15) is 13.3 Å². The van der Waals surface area contributed by atoms with Gasteiger partial charge in [0, 0.05) is 18.7 Å². The quantitative estimate of drug-likeness (QED) is 0.842. The Morgan fingerprint density at radius 3 is 2.77 bits per heavy atom. The molecule has 3 rings (SSSR count). The highest BCUT2D eigenvalue weighted by Crippen LogP contribution is 2.41. The number of hydrogen-bond donors (Lipinski definition) is 1. The van der Waals surface area contributed by atoms with Gasteiger partial charge in [0.15, 0.2) is 11.5 Å². The number of ether oxygens (including phenoxy) is 3. The van der Waals surface area contributed by atoms with Gasteiger partial charge in [0.2, 0.25) is 5.91 Å². The van der Waals surface area contributed by atoms with Crippen LogP contribution >= 0.6 is 0 Å². The Morgan fingerprint density at radius 2 is 2.05 bits per heavy atom. The molecule has 0 radical (unpaired) electrons. The molecule has 0 saturated carbocycles. The van der Waals surface area contributed by atoms with E-state index in [4.69, 9.17) is 14.2 Å². The van der Waals surface area contributed by atoms with Crippen LogP contribution in [0.5, 0.6) is 11.5 Å². The smallest absolute Gasteiger partial charge is 0.307 e. The van der Waals surface area contributed by atoms with Gasteiger partial charge in [-0.15, -0.1) is 0 Å². The number of fused-ring (bicyclic) bond motifs is 2. The van der Waals surface area contributed by atoms with Crippen molar-refractivity contribution in [3.63, 3.8) is 0 Å². The van der Waals surface area contributed by atoms with Gasteiger partial charge in [-0.05, 0) is 6.92 Å². The van der Waals surface area contributed by atoms with Gasteiger partial charge in [-0.2, -0.15) is 0 Å². The number of anilines is 2. The van der Waals surface area contributed by atoms with Crippen molar-refractivity contribution in [2.24, 2.45) is 0 Å². The number of nitrogens with one attached hydrogen (secondary N) is 1. The maximum absolute atomic E-state index is 12.1. The second-order valence-corrected chi connectivity index (χ2v) is 4.97. The van der Waals surface area contributed by atoms with Crippen LogP contribution in [0.25, 0.3) is 0 Å². The predicted molar refractivity (Wildman–Crippen MR) is 79.5 cm³/mol. The minimum absolute atomic E-state index is 0.0894. The molecule has 1 aromatic rings. The molecule has 0 fully saturated rings. The Hall–Kier alpha value is -2.44. The molecule has 0 aliphatic carbocycles. The summed E-state index contributed by atoms with van der Waals surface area (Å²) in [5.41, 5.74) is 1.50. The SMILES string of the molecule is CCOC(=O)CCN1C(=O)CNc2cc3c(cc21)OCCO3. The van der Waals surface area contributed by atoms with Crippen molar-refractivity contribution >= 4 is 23.3 Å². The number of nitrogens with zero attached hydrogens (tertiary/aromatic N) is 1. The highest BCUT2D eigenvalue weighted by molar-refractivity contribution is 6.03. The highest BCUT2D eigenvalue weighted by Gasteiger charge is 2.27. The molecule has 0 spiro atoms. The van der Waals surface area contributed by atoms with Gasteiger partial charge in [-0.3, -0.25) is 9.59 Å². The Labute approximate surface area is 128 Å². The molecule has 2 heterocycles. The fourth-order valence-corrected chi connectivity index (χ4v) is 2.52. The molecule has 22 heavy (non-hydrogen) atoms. The molecule has 2 aliphatic rings. The molecule has 0 atom stereocenters. The summed E-state index contributed by atoms with van der Waals surface area (Å²) in [6.45, 7) is 3.56. The number of carbonyl (C=O) groups excluding carboxylic acids is 2. The zero-order chi connectivity index (χ0) is 15.5. The average Bonchev–Trinajstić information content (AvgIpc) is 2.52. The van der Waals surface area contributed by atoms with Gasteiger partial charge in [0.05, 0.1) is 30.9 Å². The van der Waals surface area contributed by atoms with E-state index >= 15 is 0 Å². The summed E-state index contributed by atoms with van der Waals surface area (Å²) in [7, 11) is 0. The number of benzene rings is 1. The van der Waals surface area contributed by atoms with Crippen LogP contribution < -0.4 is 19.7 Å². The van der Waals surface area contributed by atoms with Crippen LogP contribution in [0.2, 0.25) is 0 Å². The lowest BCUT2D eigenvalue weighted by Gasteiger charge is -2.31. The van der Waals surface area contributed by atoms with Crippen LogP contribution in [0, 0.1) is 0 Å². The van der Waals surface area contributed by atoms with E-state index in [-0.39, 0.29) is 31.4 Å².